The molecule has 0 saturated heterocycles. The number of rotatable bonds is 2. The summed E-state index contributed by atoms with van der Waals surface area (Å²) in [5.41, 5.74) is 0.762. The van der Waals surface area contributed by atoms with Crippen molar-refractivity contribution in [1.82, 2.24) is 0 Å². The number of aromatic hydroxyl groups is 1. The van der Waals surface area contributed by atoms with Gasteiger partial charge in [-0.15, -0.1) is 11.3 Å². The summed E-state index contributed by atoms with van der Waals surface area (Å²) in [7, 11) is 0. The average molecular weight is 272 g/mol. The number of thiophene rings is 1. The maximum Gasteiger partial charge on any atom is 0.115 e. The van der Waals surface area contributed by atoms with Gasteiger partial charge in [0.05, 0.1) is 10.7 Å². The van der Waals surface area contributed by atoms with Crippen molar-refractivity contribution in [1.29, 1.82) is 0 Å². The highest BCUT2D eigenvalue weighted by Gasteiger charge is 2.02. The Bertz CT molecular complexity index is 500. The van der Waals surface area contributed by atoms with Crippen LogP contribution in [0.4, 0.5) is 5.69 Å². The molecule has 1 aromatic carbocycles. The summed E-state index contributed by atoms with van der Waals surface area (Å²) in [4.78, 5) is 5.12. The minimum absolute atomic E-state index is 0.223. The maximum absolute atomic E-state index is 9.10. The molecule has 1 aromatic heterocycles. The van der Waals surface area contributed by atoms with Gasteiger partial charge in [0.15, 0.2) is 0 Å². The SMILES string of the molecule is Oc1ccc(N=Cc2cc(Cl)c(Cl)s2)cc1. The van der Waals surface area contributed by atoms with Crippen LogP contribution in [-0.4, -0.2) is 11.3 Å². The van der Waals surface area contributed by atoms with Crippen molar-refractivity contribution in [2.24, 2.45) is 4.99 Å². The molecule has 0 aliphatic heterocycles. The molecule has 0 bridgehead atoms. The van der Waals surface area contributed by atoms with Gasteiger partial charge in [-0.05, 0) is 30.3 Å². The van der Waals surface area contributed by atoms with Crippen molar-refractivity contribution in [3.8, 4) is 5.75 Å². The van der Waals surface area contributed by atoms with Crippen LogP contribution in [0.2, 0.25) is 9.36 Å². The monoisotopic (exact) mass is 271 g/mol. The van der Waals surface area contributed by atoms with Crippen LogP contribution in [0.15, 0.2) is 35.3 Å². The summed E-state index contributed by atoms with van der Waals surface area (Å²) in [6.45, 7) is 0. The Morgan fingerprint density at radius 1 is 1.19 bits per heavy atom. The van der Waals surface area contributed by atoms with Crippen molar-refractivity contribution in [2.75, 3.05) is 0 Å². The fourth-order valence-corrected chi connectivity index (χ4v) is 2.37. The quantitative estimate of drug-likeness (QED) is 0.801. The molecule has 1 heterocycles. The van der Waals surface area contributed by atoms with E-state index >= 15 is 0 Å². The van der Waals surface area contributed by atoms with E-state index in [0.29, 0.717) is 9.36 Å². The minimum Gasteiger partial charge on any atom is -0.508 e. The van der Waals surface area contributed by atoms with Crippen LogP contribution in [0.5, 0.6) is 5.75 Å². The molecule has 5 heteroatoms. The van der Waals surface area contributed by atoms with Gasteiger partial charge in [0.25, 0.3) is 0 Å². The second-order valence-electron chi connectivity index (χ2n) is 3.05. The van der Waals surface area contributed by atoms with E-state index in [1.807, 2.05) is 0 Å². The highest BCUT2D eigenvalue weighted by atomic mass is 35.5. The first-order chi connectivity index (χ1) is 7.65. The van der Waals surface area contributed by atoms with Gasteiger partial charge in [-0.2, -0.15) is 0 Å². The molecule has 16 heavy (non-hydrogen) atoms. The lowest BCUT2D eigenvalue weighted by Crippen LogP contribution is -1.71. The highest BCUT2D eigenvalue weighted by Crippen LogP contribution is 2.30. The van der Waals surface area contributed by atoms with Gasteiger partial charge < -0.3 is 5.11 Å². The normalized spacial score (nSPS) is 11.1. The van der Waals surface area contributed by atoms with Gasteiger partial charge in [0, 0.05) is 11.1 Å². The Morgan fingerprint density at radius 3 is 2.44 bits per heavy atom. The van der Waals surface area contributed by atoms with Gasteiger partial charge in [0.2, 0.25) is 0 Å². The molecule has 0 spiro atoms. The highest BCUT2D eigenvalue weighted by molar-refractivity contribution is 7.18. The molecule has 2 nitrogen and oxygen atoms in total. The first kappa shape index (κ1) is 11.5. The van der Waals surface area contributed by atoms with Crippen LogP contribution in [-0.2, 0) is 0 Å². The number of hydrogen-bond donors (Lipinski definition) is 1. The van der Waals surface area contributed by atoms with Crippen molar-refractivity contribution < 1.29 is 5.11 Å². The zero-order valence-corrected chi connectivity index (χ0v) is 10.4. The number of halogens is 2. The molecule has 2 rings (SSSR count). The Hall–Kier alpha value is -1.03. The molecule has 0 saturated carbocycles. The lowest BCUT2D eigenvalue weighted by molar-refractivity contribution is 0.475. The van der Waals surface area contributed by atoms with E-state index in [2.05, 4.69) is 4.99 Å². The van der Waals surface area contributed by atoms with E-state index in [1.165, 1.54) is 11.3 Å². The predicted octanol–water partition coefficient (Wildman–Crippen LogP) is 4.51. The van der Waals surface area contributed by atoms with Gasteiger partial charge in [0.1, 0.15) is 10.1 Å². The second-order valence-corrected chi connectivity index (χ2v) is 5.14. The van der Waals surface area contributed by atoms with Crippen LogP contribution in [0, 0.1) is 0 Å². The number of phenols is 1. The van der Waals surface area contributed by atoms with Crippen LogP contribution in [0.25, 0.3) is 0 Å². The van der Waals surface area contributed by atoms with Crippen LogP contribution >= 0.6 is 34.5 Å². The van der Waals surface area contributed by atoms with Gasteiger partial charge >= 0.3 is 0 Å². The molecular weight excluding hydrogens is 265 g/mol. The third-order valence-electron chi connectivity index (χ3n) is 1.85. The molecule has 0 radical (unpaired) electrons. The zero-order chi connectivity index (χ0) is 11.5. The third kappa shape index (κ3) is 2.76. The Morgan fingerprint density at radius 2 is 1.88 bits per heavy atom. The predicted molar refractivity (Wildman–Crippen MR) is 69.7 cm³/mol. The van der Waals surface area contributed by atoms with Crippen molar-refractivity contribution in [3.63, 3.8) is 0 Å². The number of phenolic OH excluding ortho intramolecular Hbond substituents is 1. The number of aliphatic imine (C=N–C) groups is 1. The van der Waals surface area contributed by atoms with Gasteiger partial charge in [-0.25, -0.2) is 0 Å². The standard InChI is InChI=1S/C11H7Cl2NOS/c12-10-5-9(16-11(10)13)6-14-7-1-3-8(15)4-2-7/h1-6,15H. The Balaban J connectivity index is 2.17. The maximum atomic E-state index is 9.10. The lowest BCUT2D eigenvalue weighted by atomic mass is 10.3. The molecule has 2 aromatic rings. The van der Waals surface area contributed by atoms with Crippen molar-refractivity contribution in [3.05, 3.63) is 44.6 Å². The molecular formula is C11H7Cl2NOS. The third-order valence-corrected chi connectivity index (χ3v) is 3.65. The summed E-state index contributed by atoms with van der Waals surface area (Å²) in [5, 5.41) is 9.64. The summed E-state index contributed by atoms with van der Waals surface area (Å²) < 4.78 is 0.564. The largest absolute Gasteiger partial charge is 0.508 e. The van der Waals surface area contributed by atoms with Gasteiger partial charge in [-0.3, -0.25) is 4.99 Å². The van der Waals surface area contributed by atoms with E-state index < -0.39 is 0 Å². The van der Waals surface area contributed by atoms with Gasteiger partial charge in [-0.1, -0.05) is 23.2 Å². The van der Waals surface area contributed by atoms with E-state index in [1.54, 1.807) is 36.5 Å². The van der Waals surface area contributed by atoms with E-state index in [4.69, 9.17) is 28.3 Å². The first-order valence-corrected chi connectivity index (χ1v) is 6.00. The summed E-state index contributed by atoms with van der Waals surface area (Å²) in [6.07, 6.45) is 1.69. The van der Waals surface area contributed by atoms with E-state index in [-0.39, 0.29) is 5.75 Å². The topological polar surface area (TPSA) is 32.6 Å². The zero-order valence-electron chi connectivity index (χ0n) is 8.02. The lowest BCUT2D eigenvalue weighted by Gasteiger charge is -1.92. The van der Waals surface area contributed by atoms with Crippen molar-refractivity contribution in [2.45, 2.75) is 0 Å². The fourth-order valence-electron chi connectivity index (χ4n) is 1.10. The fraction of sp³-hybridized carbons (Fsp3) is 0. The molecule has 0 atom stereocenters. The smallest absolute Gasteiger partial charge is 0.115 e. The van der Waals surface area contributed by atoms with E-state index in [0.717, 1.165) is 10.6 Å². The summed E-state index contributed by atoms with van der Waals surface area (Å²) >= 11 is 13.0. The first-order valence-electron chi connectivity index (χ1n) is 4.43. The Kier molecular flexibility index (Phi) is 3.49. The molecule has 0 amide bonds. The minimum atomic E-state index is 0.223. The molecule has 0 unspecified atom stereocenters. The molecule has 0 aliphatic rings. The van der Waals surface area contributed by atoms with Crippen LogP contribution in [0.3, 0.4) is 0 Å². The molecule has 0 fully saturated rings. The van der Waals surface area contributed by atoms with Crippen LogP contribution < -0.4 is 0 Å². The number of nitrogens with zero attached hydrogens (tertiary/aromatic N) is 1. The molecule has 82 valence electrons. The number of benzene rings is 1. The van der Waals surface area contributed by atoms with E-state index in [9.17, 15) is 0 Å². The molecule has 0 aliphatic carbocycles. The molecule has 1 N–H and O–H groups in total. The summed E-state index contributed by atoms with van der Waals surface area (Å²) in [5.74, 6) is 0.223. The van der Waals surface area contributed by atoms with Crippen molar-refractivity contribution >= 4 is 46.4 Å². The second kappa shape index (κ2) is 4.87. The average Bonchev–Trinajstić information content (AvgIpc) is 2.58. The Labute approximate surface area is 107 Å². The summed E-state index contributed by atoms with van der Waals surface area (Å²) in [6, 6.07) is 8.38. The number of hydrogen-bond acceptors (Lipinski definition) is 3. The van der Waals surface area contributed by atoms with Crippen LogP contribution in [0.1, 0.15) is 4.88 Å².